The summed E-state index contributed by atoms with van der Waals surface area (Å²) in [4.78, 5) is 18.8. The summed E-state index contributed by atoms with van der Waals surface area (Å²) in [5.41, 5.74) is 4.94. The van der Waals surface area contributed by atoms with E-state index in [2.05, 4.69) is 27.5 Å². The lowest BCUT2D eigenvalue weighted by molar-refractivity contribution is -0.122. The van der Waals surface area contributed by atoms with Gasteiger partial charge in [-0.25, -0.2) is 4.98 Å². The zero-order valence-corrected chi connectivity index (χ0v) is 10.5. The standard InChI is InChI=1S/C11H19N5O2/c1-2-3-14-10-6-13-7-11(16-10)15-4-5-18-8-9(12)17/h6-7H,2-5,8H2,1H3,(H2,12,17)(H2,14,15,16). The number of amides is 1. The van der Waals surface area contributed by atoms with Crippen molar-refractivity contribution in [3.8, 4) is 0 Å². The van der Waals surface area contributed by atoms with Crippen molar-refractivity contribution in [1.29, 1.82) is 0 Å². The van der Waals surface area contributed by atoms with Gasteiger partial charge in [-0.05, 0) is 6.42 Å². The third-order valence-corrected chi connectivity index (χ3v) is 1.99. The summed E-state index contributed by atoms with van der Waals surface area (Å²) in [7, 11) is 0. The Morgan fingerprint density at radius 1 is 1.33 bits per heavy atom. The Labute approximate surface area is 106 Å². The van der Waals surface area contributed by atoms with Gasteiger partial charge in [-0.2, -0.15) is 0 Å². The normalized spacial score (nSPS) is 10.1. The van der Waals surface area contributed by atoms with E-state index >= 15 is 0 Å². The molecule has 1 amide bonds. The molecule has 0 radical (unpaired) electrons. The summed E-state index contributed by atoms with van der Waals surface area (Å²) in [6.45, 7) is 3.81. The van der Waals surface area contributed by atoms with Crippen molar-refractivity contribution < 1.29 is 9.53 Å². The van der Waals surface area contributed by atoms with Gasteiger partial charge in [-0.1, -0.05) is 6.92 Å². The number of nitrogens with two attached hydrogens (primary N) is 1. The van der Waals surface area contributed by atoms with E-state index < -0.39 is 5.91 Å². The van der Waals surface area contributed by atoms with Crippen molar-refractivity contribution >= 4 is 17.5 Å². The molecule has 0 saturated heterocycles. The fourth-order valence-corrected chi connectivity index (χ4v) is 1.21. The van der Waals surface area contributed by atoms with Crippen LogP contribution in [0, 0.1) is 0 Å². The molecule has 0 atom stereocenters. The van der Waals surface area contributed by atoms with Crippen molar-refractivity contribution in [3.05, 3.63) is 12.4 Å². The van der Waals surface area contributed by atoms with Crippen LogP contribution in [0.25, 0.3) is 0 Å². The summed E-state index contributed by atoms with van der Waals surface area (Å²) in [5, 5.41) is 6.19. The lowest BCUT2D eigenvalue weighted by Crippen LogP contribution is -2.20. The van der Waals surface area contributed by atoms with Gasteiger partial charge in [-0.3, -0.25) is 9.78 Å². The SMILES string of the molecule is CCCNc1cncc(NCCOCC(N)=O)n1. The maximum absolute atomic E-state index is 10.4. The number of hydrogen-bond donors (Lipinski definition) is 3. The van der Waals surface area contributed by atoms with Gasteiger partial charge in [0.2, 0.25) is 5.91 Å². The van der Waals surface area contributed by atoms with Crippen LogP contribution in [0.5, 0.6) is 0 Å². The van der Waals surface area contributed by atoms with E-state index in [1.807, 2.05) is 0 Å². The zero-order valence-electron chi connectivity index (χ0n) is 10.5. The molecular weight excluding hydrogens is 234 g/mol. The van der Waals surface area contributed by atoms with E-state index in [-0.39, 0.29) is 6.61 Å². The van der Waals surface area contributed by atoms with E-state index in [1.54, 1.807) is 12.4 Å². The molecule has 0 unspecified atom stereocenters. The van der Waals surface area contributed by atoms with Gasteiger partial charge in [0, 0.05) is 13.1 Å². The highest BCUT2D eigenvalue weighted by Crippen LogP contribution is 2.05. The molecule has 0 aliphatic rings. The number of carbonyl (C=O) groups excluding carboxylic acids is 1. The molecule has 0 aliphatic carbocycles. The molecule has 100 valence electrons. The Hall–Kier alpha value is -1.89. The first-order chi connectivity index (χ1) is 8.72. The molecule has 0 saturated carbocycles. The van der Waals surface area contributed by atoms with E-state index in [1.165, 1.54) is 0 Å². The van der Waals surface area contributed by atoms with Crippen LogP contribution in [-0.2, 0) is 9.53 Å². The molecule has 18 heavy (non-hydrogen) atoms. The van der Waals surface area contributed by atoms with E-state index in [4.69, 9.17) is 10.5 Å². The molecule has 0 spiro atoms. The minimum Gasteiger partial charge on any atom is -0.370 e. The highest BCUT2D eigenvalue weighted by Gasteiger charge is 1.98. The number of ether oxygens (including phenoxy) is 1. The zero-order chi connectivity index (χ0) is 13.2. The van der Waals surface area contributed by atoms with E-state index in [9.17, 15) is 4.79 Å². The van der Waals surface area contributed by atoms with Crippen molar-refractivity contribution in [2.45, 2.75) is 13.3 Å². The Balaban J connectivity index is 2.26. The third kappa shape index (κ3) is 6.00. The fraction of sp³-hybridized carbons (Fsp3) is 0.545. The van der Waals surface area contributed by atoms with Crippen LogP contribution in [0.15, 0.2) is 12.4 Å². The maximum Gasteiger partial charge on any atom is 0.243 e. The van der Waals surface area contributed by atoms with E-state index in [0.717, 1.165) is 18.8 Å². The van der Waals surface area contributed by atoms with Gasteiger partial charge in [0.25, 0.3) is 0 Å². The van der Waals surface area contributed by atoms with Crippen molar-refractivity contribution in [1.82, 2.24) is 9.97 Å². The van der Waals surface area contributed by atoms with Gasteiger partial charge in [0.15, 0.2) is 0 Å². The highest BCUT2D eigenvalue weighted by molar-refractivity contribution is 5.74. The number of nitrogens with zero attached hydrogens (tertiary/aromatic N) is 2. The van der Waals surface area contributed by atoms with Gasteiger partial charge in [-0.15, -0.1) is 0 Å². The second kappa shape index (κ2) is 8.24. The van der Waals surface area contributed by atoms with Crippen molar-refractivity contribution in [2.75, 3.05) is 36.9 Å². The molecule has 1 aromatic heterocycles. The summed E-state index contributed by atoms with van der Waals surface area (Å²) in [6.07, 6.45) is 4.33. The molecule has 0 aromatic carbocycles. The molecule has 4 N–H and O–H groups in total. The smallest absolute Gasteiger partial charge is 0.243 e. The molecule has 0 aliphatic heterocycles. The van der Waals surface area contributed by atoms with Crippen molar-refractivity contribution in [3.63, 3.8) is 0 Å². The third-order valence-electron chi connectivity index (χ3n) is 1.99. The summed E-state index contributed by atoms with van der Waals surface area (Å²) in [5.74, 6) is 0.930. The number of primary amides is 1. The first-order valence-electron chi connectivity index (χ1n) is 5.88. The van der Waals surface area contributed by atoms with Crippen LogP contribution in [0.3, 0.4) is 0 Å². The van der Waals surface area contributed by atoms with Gasteiger partial charge in [0.05, 0.1) is 19.0 Å². The first-order valence-corrected chi connectivity index (χ1v) is 5.88. The molecule has 1 rings (SSSR count). The first kappa shape index (κ1) is 14.2. The van der Waals surface area contributed by atoms with Gasteiger partial charge < -0.3 is 21.1 Å². The Kier molecular flexibility index (Phi) is 6.49. The summed E-state index contributed by atoms with van der Waals surface area (Å²) < 4.78 is 5.01. The van der Waals surface area contributed by atoms with Gasteiger partial charge >= 0.3 is 0 Å². The molecule has 7 nitrogen and oxygen atoms in total. The number of rotatable bonds is 9. The van der Waals surface area contributed by atoms with Crippen LogP contribution in [0.2, 0.25) is 0 Å². The second-order valence-electron chi connectivity index (χ2n) is 3.66. The monoisotopic (exact) mass is 253 g/mol. The highest BCUT2D eigenvalue weighted by atomic mass is 16.5. The summed E-state index contributed by atoms with van der Waals surface area (Å²) in [6, 6.07) is 0. The Morgan fingerprint density at radius 2 is 2.00 bits per heavy atom. The number of anilines is 2. The number of hydrogen-bond acceptors (Lipinski definition) is 6. The predicted molar refractivity (Wildman–Crippen MR) is 69.3 cm³/mol. The topological polar surface area (TPSA) is 102 Å². The van der Waals surface area contributed by atoms with Crippen LogP contribution < -0.4 is 16.4 Å². The minimum absolute atomic E-state index is 0.0640. The second-order valence-corrected chi connectivity index (χ2v) is 3.66. The quantitative estimate of drug-likeness (QED) is 0.544. The average molecular weight is 253 g/mol. The lowest BCUT2D eigenvalue weighted by Gasteiger charge is -2.08. The molecule has 0 bridgehead atoms. The molecule has 7 heteroatoms. The van der Waals surface area contributed by atoms with E-state index in [0.29, 0.717) is 19.0 Å². The lowest BCUT2D eigenvalue weighted by atomic mass is 10.5. The molecule has 1 heterocycles. The number of aromatic nitrogens is 2. The van der Waals surface area contributed by atoms with Gasteiger partial charge in [0.1, 0.15) is 18.2 Å². The Morgan fingerprint density at radius 3 is 2.61 bits per heavy atom. The minimum atomic E-state index is -0.472. The van der Waals surface area contributed by atoms with Crippen LogP contribution in [0.4, 0.5) is 11.6 Å². The Bertz CT molecular complexity index is 372. The van der Waals surface area contributed by atoms with Crippen LogP contribution in [-0.4, -0.2) is 42.2 Å². The number of carbonyl (C=O) groups is 1. The molecular formula is C11H19N5O2. The largest absolute Gasteiger partial charge is 0.370 e. The number of nitrogens with one attached hydrogen (secondary N) is 2. The fourth-order valence-electron chi connectivity index (χ4n) is 1.21. The average Bonchev–Trinajstić information content (AvgIpc) is 2.36. The van der Waals surface area contributed by atoms with Crippen molar-refractivity contribution in [2.24, 2.45) is 5.73 Å². The molecule has 0 fully saturated rings. The molecule has 1 aromatic rings. The predicted octanol–water partition coefficient (Wildman–Crippen LogP) is 0.212. The maximum atomic E-state index is 10.4. The summed E-state index contributed by atoms with van der Waals surface area (Å²) >= 11 is 0. The van der Waals surface area contributed by atoms with Crippen LogP contribution >= 0.6 is 0 Å². The van der Waals surface area contributed by atoms with Crippen LogP contribution in [0.1, 0.15) is 13.3 Å².